The fourth-order valence-corrected chi connectivity index (χ4v) is 4.23. The maximum atomic E-state index is 13.7. The summed E-state index contributed by atoms with van der Waals surface area (Å²) in [4.78, 5) is 33.8. The molecular weight excluding hydrogens is 424 g/mol. The van der Waals surface area contributed by atoms with E-state index in [1.54, 1.807) is 15.5 Å². The topological polar surface area (TPSA) is 67.2 Å². The van der Waals surface area contributed by atoms with E-state index in [0.717, 1.165) is 28.9 Å². The van der Waals surface area contributed by atoms with Crippen LogP contribution in [-0.2, 0) is 0 Å². The molecule has 3 aromatic carbocycles. The van der Waals surface area contributed by atoms with Crippen LogP contribution in [0.4, 0.5) is 10.5 Å². The van der Waals surface area contributed by atoms with Crippen LogP contribution in [0.1, 0.15) is 43.3 Å². The van der Waals surface area contributed by atoms with E-state index in [0.29, 0.717) is 23.3 Å². The van der Waals surface area contributed by atoms with Crippen molar-refractivity contribution >= 4 is 22.6 Å². The predicted molar refractivity (Wildman–Crippen MR) is 138 cm³/mol. The van der Waals surface area contributed by atoms with Gasteiger partial charge in [0.2, 0.25) is 0 Å². The van der Waals surface area contributed by atoms with Crippen molar-refractivity contribution < 1.29 is 4.79 Å². The summed E-state index contributed by atoms with van der Waals surface area (Å²) in [5.41, 5.74) is 3.96. The second kappa shape index (κ2) is 9.91. The Kier molecular flexibility index (Phi) is 6.77. The van der Waals surface area contributed by atoms with Gasteiger partial charge in [0.1, 0.15) is 5.82 Å². The third-order valence-corrected chi connectivity index (χ3v) is 6.11. The lowest BCUT2D eigenvalue weighted by Crippen LogP contribution is -2.40. The minimum absolute atomic E-state index is 0.141. The standard InChI is InChI=1S/C28H30N4O2/c1-5-18-31(28(34)30-23-15-9-6-12-19(23)2)21(4)26-29-24-16-10-8-14-22(24)27(33)32(26)25-17-11-7-13-20(25)3/h6-17,21H,5,18H2,1-4H3,(H,30,34). The van der Waals surface area contributed by atoms with Crippen molar-refractivity contribution in [2.24, 2.45) is 0 Å². The van der Waals surface area contributed by atoms with Gasteiger partial charge < -0.3 is 10.2 Å². The van der Waals surface area contributed by atoms with Crippen LogP contribution < -0.4 is 10.9 Å². The molecule has 0 spiro atoms. The Balaban J connectivity index is 1.85. The summed E-state index contributed by atoms with van der Waals surface area (Å²) < 4.78 is 1.66. The first-order valence-corrected chi connectivity index (χ1v) is 11.6. The number of anilines is 1. The van der Waals surface area contributed by atoms with Gasteiger partial charge in [-0.1, -0.05) is 55.5 Å². The number of aromatic nitrogens is 2. The first-order valence-electron chi connectivity index (χ1n) is 11.6. The zero-order chi connectivity index (χ0) is 24.2. The molecule has 0 aliphatic carbocycles. The number of hydrogen-bond acceptors (Lipinski definition) is 3. The summed E-state index contributed by atoms with van der Waals surface area (Å²) in [6.45, 7) is 8.42. The van der Waals surface area contributed by atoms with Crippen LogP contribution >= 0.6 is 0 Å². The van der Waals surface area contributed by atoms with E-state index < -0.39 is 6.04 Å². The van der Waals surface area contributed by atoms with Gasteiger partial charge in [0.25, 0.3) is 5.56 Å². The van der Waals surface area contributed by atoms with Crippen molar-refractivity contribution in [3.63, 3.8) is 0 Å². The van der Waals surface area contributed by atoms with Crippen molar-refractivity contribution in [1.82, 2.24) is 14.5 Å². The molecule has 1 atom stereocenters. The van der Waals surface area contributed by atoms with E-state index in [4.69, 9.17) is 4.98 Å². The molecular formula is C28H30N4O2. The lowest BCUT2D eigenvalue weighted by molar-refractivity contribution is 0.189. The monoisotopic (exact) mass is 454 g/mol. The highest BCUT2D eigenvalue weighted by Gasteiger charge is 2.27. The molecule has 0 saturated heterocycles. The molecule has 0 saturated carbocycles. The zero-order valence-electron chi connectivity index (χ0n) is 20.1. The van der Waals surface area contributed by atoms with Crippen molar-refractivity contribution in [3.05, 3.63) is 100 Å². The highest BCUT2D eigenvalue weighted by molar-refractivity contribution is 5.90. The van der Waals surface area contributed by atoms with Crippen LogP contribution in [0.2, 0.25) is 0 Å². The molecule has 0 aliphatic heterocycles. The van der Waals surface area contributed by atoms with Gasteiger partial charge in [-0.15, -0.1) is 0 Å². The lowest BCUT2D eigenvalue weighted by Gasteiger charge is -2.31. The Hall–Kier alpha value is -3.93. The summed E-state index contributed by atoms with van der Waals surface area (Å²) in [5, 5.41) is 3.59. The molecule has 1 aromatic heterocycles. The van der Waals surface area contributed by atoms with Gasteiger partial charge in [-0.3, -0.25) is 9.36 Å². The van der Waals surface area contributed by atoms with Gasteiger partial charge in [-0.05, 0) is 62.6 Å². The largest absolute Gasteiger partial charge is 0.322 e. The quantitative estimate of drug-likeness (QED) is 0.388. The normalized spacial score (nSPS) is 11.9. The Morgan fingerprint density at radius 3 is 2.32 bits per heavy atom. The number of hydrogen-bond donors (Lipinski definition) is 1. The van der Waals surface area contributed by atoms with Crippen LogP contribution in [0.15, 0.2) is 77.6 Å². The molecule has 34 heavy (non-hydrogen) atoms. The fourth-order valence-electron chi connectivity index (χ4n) is 4.23. The van der Waals surface area contributed by atoms with Crippen LogP contribution in [0.3, 0.4) is 0 Å². The second-order valence-corrected chi connectivity index (χ2v) is 8.53. The van der Waals surface area contributed by atoms with E-state index in [1.807, 2.05) is 94.4 Å². The van der Waals surface area contributed by atoms with Gasteiger partial charge in [-0.2, -0.15) is 0 Å². The van der Waals surface area contributed by atoms with Crippen LogP contribution in [0.25, 0.3) is 16.6 Å². The van der Waals surface area contributed by atoms with Crippen LogP contribution in [0.5, 0.6) is 0 Å². The average Bonchev–Trinajstić information content (AvgIpc) is 2.84. The molecule has 2 amide bonds. The number of urea groups is 1. The van der Waals surface area contributed by atoms with E-state index in [9.17, 15) is 9.59 Å². The Bertz CT molecular complexity index is 1390. The van der Waals surface area contributed by atoms with Crippen molar-refractivity contribution in [2.45, 2.75) is 40.2 Å². The van der Waals surface area contributed by atoms with Gasteiger partial charge in [0.05, 0.1) is 22.6 Å². The fraction of sp³-hybridized carbons (Fsp3) is 0.250. The van der Waals surface area contributed by atoms with Crippen molar-refractivity contribution in [1.29, 1.82) is 0 Å². The number of carbonyl (C=O) groups is 1. The number of aryl methyl sites for hydroxylation is 2. The number of benzene rings is 3. The van der Waals surface area contributed by atoms with E-state index >= 15 is 0 Å². The third-order valence-electron chi connectivity index (χ3n) is 6.11. The lowest BCUT2D eigenvalue weighted by atomic mass is 10.1. The van der Waals surface area contributed by atoms with Crippen molar-refractivity contribution in [3.8, 4) is 5.69 Å². The minimum atomic E-state index is -0.444. The van der Waals surface area contributed by atoms with Gasteiger partial charge in [0, 0.05) is 12.2 Å². The van der Waals surface area contributed by atoms with Crippen LogP contribution in [-0.4, -0.2) is 27.0 Å². The zero-order valence-corrected chi connectivity index (χ0v) is 20.1. The SMILES string of the molecule is CCCN(C(=O)Nc1ccccc1C)C(C)c1nc2ccccc2c(=O)n1-c1ccccc1C. The Labute approximate surface area is 199 Å². The summed E-state index contributed by atoms with van der Waals surface area (Å²) in [7, 11) is 0. The summed E-state index contributed by atoms with van der Waals surface area (Å²) in [6, 6.07) is 22.1. The van der Waals surface area contributed by atoms with Crippen LogP contribution in [0, 0.1) is 13.8 Å². The van der Waals surface area contributed by atoms with E-state index in [2.05, 4.69) is 5.32 Å². The molecule has 6 nitrogen and oxygen atoms in total. The van der Waals surface area contributed by atoms with Gasteiger partial charge in [0.15, 0.2) is 0 Å². The molecule has 0 bridgehead atoms. The number of nitrogens with zero attached hydrogens (tertiary/aromatic N) is 3. The third kappa shape index (κ3) is 4.44. The van der Waals surface area contributed by atoms with E-state index in [-0.39, 0.29) is 11.6 Å². The smallest absolute Gasteiger partial charge is 0.315 e. The highest BCUT2D eigenvalue weighted by atomic mass is 16.2. The molecule has 0 fully saturated rings. The highest BCUT2D eigenvalue weighted by Crippen LogP contribution is 2.25. The first kappa shape index (κ1) is 23.2. The number of amides is 2. The summed E-state index contributed by atoms with van der Waals surface area (Å²) >= 11 is 0. The number of carbonyl (C=O) groups excluding carboxylic acids is 1. The Morgan fingerprint density at radius 2 is 1.62 bits per heavy atom. The molecule has 4 aromatic rings. The molecule has 4 rings (SSSR count). The Morgan fingerprint density at radius 1 is 0.971 bits per heavy atom. The van der Waals surface area contributed by atoms with Gasteiger partial charge in [-0.25, -0.2) is 9.78 Å². The number of rotatable bonds is 6. The number of fused-ring (bicyclic) bond motifs is 1. The van der Waals surface area contributed by atoms with Gasteiger partial charge >= 0.3 is 6.03 Å². The van der Waals surface area contributed by atoms with E-state index in [1.165, 1.54) is 0 Å². The molecule has 0 radical (unpaired) electrons. The molecule has 174 valence electrons. The summed E-state index contributed by atoms with van der Waals surface area (Å²) in [6.07, 6.45) is 0.772. The average molecular weight is 455 g/mol. The molecule has 1 N–H and O–H groups in total. The molecule has 0 aliphatic rings. The second-order valence-electron chi connectivity index (χ2n) is 8.53. The maximum absolute atomic E-state index is 13.7. The minimum Gasteiger partial charge on any atom is -0.315 e. The predicted octanol–water partition coefficient (Wildman–Crippen LogP) is 6.01. The molecule has 6 heteroatoms. The number of para-hydroxylation sites is 3. The number of nitrogens with one attached hydrogen (secondary N) is 1. The first-order chi connectivity index (χ1) is 16.4. The molecule has 1 heterocycles. The summed E-state index contributed by atoms with van der Waals surface area (Å²) in [5.74, 6) is 0.534. The van der Waals surface area contributed by atoms with Crippen molar-refractivity contribution in [2.75, 3.05) is 11.9 Å². The molecule has 1 unspecified atom stereocenters. The maximum Gasteiger partial charge on any atom is 0.322 e.